The maximum absolute atomic E-state index is 4.67. The molecule has 1 unspecified atom stereocenters. The van der Waals surface area contributed by atoms with Gasteiger partial charge in [0.25, 0.3) is 0 Å². The van der Waals surface area contributed by atoms with Crippen LogP contribution in [0.2, 0.25) is 0 Å². The second kappa shape index (κ2) is 29.8. The van der Waals surface area contributed by atoms with Crippen LogP contribution in [0.25, 0.3) is 149 Å². The molecule has 18 rings (SSSR count). The molecule has 0 amide bonds. The molecule has 1 aliphatic carbocycles. The fraction of sp³-hybridized carbons (Fsp3) is 0.145. The number of rotatable bonds is 18. The van der Waals surface area contributed by atoms with Crippen molar-refractivity contribution in [3.8, 4) is 72.7 Å². The van der Waals surface area contributed by atoms with Gasteiger partial charge in [-0.05, 0) is 297 Å². The van der Waals surface area contributed by atoms with E-state index in [4.69, 9.17) is 0 Å². The van der Waals surface area contributed by atoms with Crippen LogP contribution in [0.1, 0.15) is 101 Å². The molecular weight excluding hydrogens is 1360 g/mol. The van der Waals surface area contributed by atoms with Gasteiger partial charge in [0.05, 0.1) is 33.1 Å². The molecule has 0 aliphatic heterocycles. The van der Waals surface area contributed by atoms with E-state index in [-0.39, 0.29) is 0 Å². The molecule has 550 valence electrons. The second-order valence-electron chi connectivity index (χ2n) is 32.3. The number of aryl methyl sites for hydroxylation is 9. The van der Waals surface area contributed by atoms with E-state index in [0.717, 1.165) is 49.1 Å². The number of aromatic nitrogens is 3. The highest BCUT2D eigenvalue weighted by molar-refractivity contribution is 6.14. The zero-order chi connectivity index (χ0) is 77.3. The summed E-state index contributed by atoms with van der Waals surface area (Å²) in [6.07, 6.45) is 14.5. The molecule has 3 heterocycles. The summed E-state index contributed by atoms with van der Waals surface area (Å²) in [5, 5.41) is 7.53. The fourth-order valence-electron chi connectivity index (χ4n) is 18.3. The molecule has 1 atom stereocenters. The lowest BCUT2D eigenvalue weighted by molar-refractivity contribution is 0.594. The van der Waals surface area contributed by atoms with E-state index in [2.05, 4.69) is 405 Å². The van der Waals surface area contributed by atoms with Crippen LogP contribution in [0.5, 0.6) is 0 Å². The zero-order valence-electron chi connectivity index (χ0n) is 66.7. The number of hydrogen-bond donors (Lipinski definition) is 0. The van der Waals surface area contributed by atoms with Gasteiger partial charge in [0, 0.05) is 49.4 Å². The third-order valence-electron chi connectivity index (χ3n) is 24.1. The first kappa shape index (κ1) is 71.8. The Morgan fingerprint density at radius 1 is 0.345 bits per heavy atom. The summed E-state index contributed by atoms with van der Waals surface area (Å²) in [7, 11) is 0. The van der Waals surface area contributed by atoms with Crippen LogP contribution in [0.4, 0.5) is 0 Å². The molecule has 0 spiro atoms. The number of benzene rings is 14. The van der Waals surface area contributed by atoms with Crippen LogP contribution in [0.3, 0.4) is 0 Å². The summed E-state index contributed by atoms with van der Waals surface area (Å²) in [5.74, 6) is 0.426. The van der Waals surface area contributed by atoms with Gasteiger partial charge in [0.15, 0.2) is 0 Å². The highest BCUT2D eigenvalue weighted by Gasteiger charge is 2.23. The Kier molecular flexibility index (Phi) is 18.9. The van der Waals surface area contributed by atoms with Crippen molar-refractivity contribution in [1.29, 1.82) is 0 Å². The van der Waals surface area contributed by atoms with Crippen LogP contribution < -0.4 is 0 Å². The topological polar surface area (TPSA) is 14.8 Å². The molecule has 17 aromatic rings. The molecule has 113 heavy (non-hydrogen) atoms. The van der Waals surface area contributed by atoms with Crippen molar-refractivity contribution in [3.63, 3.8) is 0 Å². The lowest BCUT2D eigenvalue weighted by Crippen LogP contribution is -2.04. The van der Waals surface area contributed by atoms with Crippen molar-refractivity contribution < 1.29 is 0 Å². The lowest BCUT2D eigenvalue weighted by atomic mass is 9.85. The van der Waals surface area contributed by atoms with Gasteiger partial charge in [-0.15, -0.1) is 0 Å². The van der Waals surface area contributed by atoms with E-state index < -0.39 is 0 Å². The van der Waals surface area contributed by atoms with Crippen molar-refractivity contribution in [3.05, 3.63) is 400 Å². The van der Waals surface area contributed by atoms with E-state index in [0.29, 0.717) is 5.92 Å². The van der Waals surface area contributed by atoms with Gasteiger partial charge >= 0.3 is 0 Å². The van der Waals surface area contributed by atoms with Gasteiger partial charge in [-0.25, -0.2) is 0 Å². The summed E-state index contributed by atoms with van der Waals surface area (Å²) < 4.78 is 7.43. The van der Waals surface area contributed by atoms with E-state index >= 15 is 0 Å². The van der Waals surface area contributed by atoms with Gasteiger partial charge in [0.1, 0.15) is 0 Å². The first-order chi connectivity index (χ1) is 55.0. The minimum atomic E-state index is 0.426. The van der Waals surface area contributed by atoms with Crippen LogP contribution in [-0.4, -0.2) is 13.7 Å². The summed E-state index contributed by atoms with van der Waals surface area (Å²) in [4.78, 5) is 0. The SMILES string of the molecule is C=C(/C=C\C(=C(C)C)c1ccc2c3ccc(-c4ccc(CCc5ccc(-c6ccc7c8ccc(-c9ccc(C)cc9C)cc8n(-c8ccc(C)cc8)c7c6)c(C)c5)cc4C)cc3n(-c3ccccc3)c2c1)CCC1C=C(C)C(c2ccc3c4ccc(-c5ccc(C)cc5C)cc4n(-c4cccc(-c5ccccc5)c4)c3c2)=CC1. The Hall–Kier alpha value is -12.8. The molecule has 3 nitrogen and oxygen atoms in total. The molecule has 0 radical (unpaired) electrons. The maximum atomic E-state index is 4.67. The van der Waals surface area contributed by atoms with Crippen molar-refractivity contribution in [2.45, 2.75) is 101 Å². The van der Waals surface area contributed by atoms with E-state index in [1.807, 2.05) is 0 Å². The first-order valence-electron chi connectivity index (χ1n) is 40.3. The van der Waals surface area contributed by atoms with Crippen LogP contribution >= 0.6 is 0 Å². The first-order valence-corrected chi connectivity index (χ1v) is 40.3. The summed E-state index contributed by atoms with van der Waals surface area (Å²) in [6, 6.07) is 110. The minimum absolute atomic E-state index is 0.426. The monoisotopic (exact) mass is 1460 g/mol. The molecule has 0 saturated carbocycles. The average molecular weight is 1460 g/mol. The number of hydrogen-bond acceptors (Lipinski definition) is 0. The van der Waals surface area contributed by atoms with E-state index in [9.17, 15) is 0 Å². The maximum Gasteiger partial charge on any atom is 0.0547 e. The molecule has 3 heteroatoms. The van der Waals surface area contributed by atoms with Crippen LogP contribution in [0, 0.1) is 54.4 Å². The Balaban J connectivity index is 0.564. The van der Waals surface area contributed by atoms with Gasteiger partial charge in [-0.3, -0.25) is 0 Å². The number of allylic oxidation sites excluding steroid dienone is 9. The molecular formula is C110H95N3. The summed E-state index contributed by atoms with van der Waals surface area (Å²) in [6.45, 7) is 26.9. The standard InChI is InChI=1S/C110H95N3/c1-69(2)93(45-28-70(3)25-31-79-34-48-96(76(9)59-79)89-42-56-104-103-55-39-86(95-47-30-73(6)58-75(95)8)67-109(103)113(110(104)68-89)92-24-18-21-83(62-92)82-19-14-12-15-20-82)84-37-51-99-100-53-40-87(65-106(100)111(105(99)63-84)90-22-16-13-17-23-90)97-49-35-80(60-77(97)10)32-33-81-36-50-98(78(11)61-81)88-41-54-102-101-52-38-85(94-46-29-72(5)57-74(94)7)64-107(101)112(108(102)66-88)91-43-26-71(4)27-44-91/h12-24,26-30,35-68,79H,3,25,31-34H2,1-2,4-11H3/b45-28-. The zero-order valence-corrected chi connectivity index (χ0v) is 66.7. The molecule has 3 aromatic heterocycles. The molecule has 0 N–H and O–H groups in total. The van der Waals surface area contributed by atoms with Crippen molar-refractivity contribution >= 4 is 76.6 Å². The Morgan fingerprint density at radius 3 is 1.23 bits per heavy atom. The molecule has 0 bridgehead atoms. The van der Waals surface area contributed by atoms with Gasteiger partial charge < -0.3 is 13.7 Å². The molecule has 1 aliphatic rings. The smallest absolute Gasteiger partial charge is 0.0547 e. The third-order valence-corrected chi connectivity index (χ3v) is 24.1. The lowest BCUT2D eigenvalue weighted by Gasteiger charge is -2.21. The highest BCUT2D eigenvalue weighted by Crippen LogP contribution is 2.44. The largest absolute Gasteiger partial charge is 0.309 e. The van der Waals surface area contributed by atoms with Gasteiger partial charge in [-0.2, -0.15) is 0 Å². The predicted molar refractivity (Wildman–Crippen MR) is 486 cm³/mol. The van der Waals surface area contributed by atoms with E-state index in [1.165, 1.54) is 210 Å². The Morgan fingerprint density at radius 2 is 0.752 bits per heavy atom. The second-order valence-corrected chi connectivity index (χ2v) is 32.3. The molecule has 0 saturated heterocycles. The summed E-state index contributed by atoms with van der Waals surface area (Å²) >= 11 is 0. The minimum Gasteiger partial charge on any atom is -0.309 e. The number of fused-ring (bicyclic) bond motifs is 9. The van der Waals surface area contributed by atoms with E-state index in [1.54, 1.807) is 0 Å². The number of para-hydroxylation sites is 1. The van der Waals surface area contributed by atoms with Gasteiger partial charge in [-0.1, -0.05) is 277 Å². The molecule has 14 aromatic carbocycles. The van der Waals surface area contributed by atoms with Crippen molar-refractivity contribution in [2.75, 3.05) is 0 Å². The Labute approximate surface area is 665 Å². The fourth-order valence-corrected chi connectivity index (χ4v) is 18.3. The summed E-state index contributed by atoms with van der Waals surface area (Å²) in [5.41, 5.74) is 43.5. The van der Waals surface area contributed by atoms with Crippen LogP contribution in [0.15, 0.2) is 339 Å². The number of nitrogens with zero attached hydrogens (tertiary/aromatic N) is 3. The van der Waals surface area contributed by atoms with Gasteiger partial charge in [0.2, 0.25) is 0 Å². The predicted octanol–water partition coefficient (Wildman–Crippen LogP) is 30.0. The van der Waals surface area contributed by atoms with Crippen molar-refractivity contribution in [2.24, 2.45) is 5.92 Å². The third kappa shape index (κ3) is 13.7. The average Bonchev–Trinajstić information content (AvgIpc) is 1.59. The van der Waals surface area contributed by atoms with Crippen LogP contribution in [-0.2, 0) is 12.8 Å². The normalized spacial score (nSPS) is 13.2. The highest BCUT2D eigenvalue weighted by atomic mass is 15.0. The molecule has 0 fully saturated rings. The van der Waals surface area contributed by atoms with Crippen molar-refractivity contribution in [1.82, 2.24) is 13.7 Å². The Bertz CT molecular complexity index is 6800. The quantitative estimate of drug-likeness (QED) is 0.0761.